The van der Waals surface area contributed by atoms with Crippen molar-refractivity contribution in [1.82, 2.24) is 10.2 Å². The van der Waals surface area contributed by atoms with E-state index in [1.54, 1.807) is 29.2 Å². The predicted molar refractivity (Wildman–Crippen MR) is 128 cm³/mol. The number of amides is 3. The lowest BCUT2D eigenvalue weighted by Crippen LogP contribution is -2.58. The summed E-state index contributed by atoms with van der Waals surface area (Å²) in [6.45, 7) is 6.04. The molecule has 1 heterocycles. The third kappa shape index (κ3) is 6.26. The number of esters is 1. The fraction of sp³-hybridized carbons (Fsp3) is 0.400. The first kappa shape index (κ1) is 24.6. The molecule has 7 nitrogen and oxygen atoms in total. The summed E-state index contributed by atoms with van der Waals surface area (Å²) in [5, 5.41) is 6.06. The van der Waals surface area contributed by atoms with Crippen LogP contribution in [0.2, 0.25) is 5.02 Å². The lowest BCUT2D eigenvalue weighted by atomic mass is 9.84. The van der Waals surface area contributed by atoms with Gasteiger partial charge in [-0.15, -0.1) is 0 Å². The molecule has 8 heteroatoms. The second-order valence-electron chi connectivity index (χ2n) is 9.28. The topological polar surface area (TPSA) is 87.7 Å². The van der Waals surface area contributed by atoms with Crippen LogP contribution in [0.15, 0.2) is 48.5 Å². The van der Waals surface area contributed by atoms with E-state index in [0.29, 0.717) is 23.7 Å². The number of halogens is 1. The van der Waals surface area contributed by atoms with Crippen LogP contribution in [0.25, 0.3) is 0 Å². The Labute approximate surface area is 199 Å². The lowest BCUT2D eigenvalue weighted by Gasteiger charge is -2.41. The van der Waals surface area contributed by atoms with Gasteiger partial charge in [0.25, 0.3) is 0 Å². The van der Waals surface area contributed by atoms with Crippen LogP contribution in [-0.4, -0.2) is 42.0 Å². The lowest BCUT2D eigenvalue weighted by molar-refractivity contribution is -0.145. The van der Waals surface area contributed by atoms with E-state index in [1.807, 2.05) is 45.0 Å². The quantitative estimate of drug-likeness (QED) is 0.633. The SMILES string of the molecule is COC(=O)C[C@H]1Cc2ccccc2CN1C(=O)[C@@H](NC(=O)Nc1cccc(Cl)c1)C(C)(C)C. The molecule has 3 rings (SSSR count). The molecular weight excluding hydrogens is 442 g/mol. The number of methoxy groups -OCH3 is 1. The molecule has 0 bridgehead atoms. The van der Waals surface area contributed by atoms with Crippen molar-refractivity contribution in [2.45, 2.75) is 52.2 Å². The minimum Gasteiger partial charge on any atom is -0.469 e. The highest BCUT2D eigenvalue weighted by atomic mass is 35.5. The molecule has 2 atom stereocenters. The van der Waals surface area contributed by atoms with Crippen molar-refractivity contribution in [1.29, 1.82) is 0 Å². The fourth-order valence-corrected chi connectivity index (χ4v) is 4.17. The van der Waals surface area contributed by atoms with Crippen molar-refractivity contribution in [3.8, 4) is 0 Å². The number of carbonyl (C=O) groups excluding carboxylic acids is 3. The van der Waals surface area contributed by atoms with Crippen LogP contribution in [0.4, 0.5) is 10.5 Å². The summed E-state index contributed by atoms with van der Waals surface area (Å²) in [5.41, 5.74) is 2.09. The number of ether oxygens (including phenoxy) is 1. The third-order valence-corrected chi connectivity index (χ3v) is 5.97. The van der Waals surface area contributed by atoms with Crippen LogP contribution in [0.5, 0.6) is 0 Å². The maximum absolute atomic E-state index is 13.8. The summed E-state index contributed by atoms with van der Waals surface area (Å²) in [7, 11) is 1.34. The molecule has 0 saturated carbocycles. The molecule has 3 amide bonds. The summed E-state index contributed by atoms with van der Waals surface area (Å²) < 4.78 is 4.87. The van der Waals surface area contributed by atoms with Crippen molar-refractivity contribution in [3.63, 3.8) is 0 Å². The average molecular weight is 472 g/mol. The highest BCUT2D eigenvalue weighted by Gasteiger charge is 2.40. The smallest absolute Gasteiger partial charge is 0.319 e. The Morgan fingerprint density at radius 3 is 2.45 bits per heavy atom. The molecule has 1 aliphatic rings. The Balaban J connectivity index is 1.84. The molecule has 33 heavy (non-hydrogen) atoms. The molecule has 0 saturated heterocycles. The normalized spacial score (nSPS) is 16.4. The van der Waals surface area contributed by atoms with Gasteiger partial charge in [-0.05, 0) is 41.2 Å². The predicted octanol–water partition coefficient (Wildman–Crippen LogP) is 4.39. The first-order valence-corrected chi connectivity index (χ1v) is 11.2. The van der Waals surface area contributed by atoms with Crippen molar-refractivity contribution in [2.24, 2.45) is 5.41 Å². The molecule has 2 aromatic carbocycles. The van der Waals surface area contributed by atoms with Crippen LogP contribution >= 0.6 is 11.6 Å². The molecular formula is C25H30ClN3O4. The standard InChI is InChI=1S/C25H30ClN3O4/c1-25(2,3)22(28-24(32)27-19-11-7-10-18(26)13-19)23(31)29-15-17-9-6-5-8-16(17)12-20(29)14-21(30)33-4/h5-11,13,20,22H,12,14-15H2,1-4H3,(H2,27,28,32)/t20-,22-/m1/s1. The molecule has 176 valence electrons. The molecule has 0 fully saturated rings. The van der Waals surface area contributed by atoms with E-state index in [2.05, 4.69) is 10.6 Å². The summed E-state index contributed by atoms with van der Waals surface area (Å²) in [6.07, 6.45) is 0.630. The number of nitrogens with zero attached hydrogens (tertiary/aromatic N) is 1. The number of hydrogen-bond acceptors (Lipinski definition) is 4. The van der Waals surface area contributed by atoms with E-state index >= 15 is 0 Å². The van der Waals surface area contributed by atoms with Crippen LogP contribution in [0.1, 0.15) is 38.3 Å². The first-order valence-electron chi connectivity index (χ1n) is 10.9. The fourth-order valence-electron chi connectivity index (χ4n) is 3.98. The van der Waals surface area contributed by atoms with Gasteiger partial charge in [-0.25, -0.2) is 4.79 Å². The van der Waals surface area contributed by atoms with Crippen molar-refractivity contribution in [2.75, 3.05) is 12.4 Å². The Morgan fingerprint density at radius 2 is 1.82 bits per heavy atom. The number of rotatable bonds is 5. The van der Waals surface area contributed by atoms with Crippen LogP contribution in [0.3, 0.4) is 0 Å². The highest BCUT2D eigenvalue weighted by molar-refractivity contribution is 6.30. The Kier molecular flexibility index (Phi) is 7.64. The summed E-state index contributed by atoms with van der Waals surface area (Å²) >= 11 is 6.00. The van der Waals surface area contributed by atoms with Crippen molar-refractivity contribution >= 4 is 35.2 Å². The number of nitrogens with one attached hydrogen (secondary N) is 2. The number of urea groups is 1. The molecule has 0 unspecified atom stereocenters. The molecule has 2 aromatic rings. The Morgan fingerprint density at radius 1 is 1.12 bits per heavy atom. The maximum Gasteiger partial charge on any atom is 0.319 e. The molecule has 0 aliphatic carbocycles. The monoisotopic (exact) mass is 471 g/mol. The summed E-state index contributed by atoms with van der Waals surface area (Å²) in [4.78, 5) is 40.3. The number of fused-ring (bicyclic) bond motifs is 1. The van der Waals surface area contributed by atoms with Gasteiger partial charge in [-0.1, -0.05) is 62.7 Å². The molecule has 0 aromatic heterocycles. The zero-order valence-corrected chi connectivity index (χ0v) is 20.1. The van der Waals surface area contributed by atoms with Gasteiger partial charge in [0.05, 0.1) is 13.5 Å². The van der Waals surface area contributed by atoms with Crippen LogP contribution in [0, 0.1) is 5.41 Å². The van der Waals surface area contributed by atoms with Gasteiger partial charge in [-0.3, -0.25) is 9.59 Å². The van der Waals surface area contributed by atoms with Gasteiger partial charge in [0.1, 0.15) is 6.04 Å². The number of anilines is 1. The number of hydrogen-bond donors (Lipinski definition) is 2. The summed E-state index contributed by atoms with van der Waals surface area (Å²) in [5.74, 6) is -0.622. The Bertz CT molecular complexity index is 1030. The van der Waals surface area contributed by atoms with E-state index in [4.69, 9.17) is 16.3 Å². The summed E-state index contributed by atoms with van der Waals surface area (Å²) in [6, 6.07) is 13.0. The largest absolute Gasteiger partial charge is 0.469 e. The van der Waals surface area contributed by atoms with Gasteiger partial charge in [0.2, 0.25) is 5.91 Å². The van der Waals surface area contributed by atoms with Crippen LogP contribution in [-0.2, 0) is 27.3 Å². The van der Waals surface area contributed by atoms with Gasteiger partial charge in [-0.2, -0.15) is 0 Å². The zero-order valence-electron chi connectivity index (χ0n) is 19.4. The second kappa shape index (κ2) is 10.3. The van der Waals surface area contributed by atoms with Gasteiger partial charge in [0.15, 0.2) is 0 Å². The molecule has 2 N–H and O–H groups in total. The van der Waals surface area contributed by atoms with Gasteiger partial charge in [0, 0.05) is 23.3 Å². The van der Waals surface area contributed by atoms with E-state index in [1.165, 1.54) is 7.11 Å². The maximum atomic E-state index is 13.8. The zero-order chi connectivity index (χ0) is 24.2. The minimum absolute atomic E-state index is 0.0855. The Hall–Kier alpha value is -3.06. The molecule has 0 radical (unpaired) electrons. The minimum atomic E-state index is -0.818. The molecule has 0 spiro atoms. The number of benzene rings is 2. The van der Waals surface area contributed by atoms with Gasteiger partial charge < -0.3 is 20.3 Å². The van der Waals surface area contributed by atoms with Crippen molar-refractivity contribution < 1.29 is 19.1 Å². The van der Waals surface area contributed by atoms with E-state index < -0.39 is 17.5 Å². The van der Waals surface area contributed by atoms with E-state index in [0.717, 1.165) is 11.1 Å². The first-order chi connectivity index (χ1) is 15.6. The highest BCUT2D eigenvalue weighted by Crippen LogP contribution is 2.29. The van der Waals surface area contributed by atoms with E-state index in [-0.39, 0.29) is 24.3 Å². The third-order valence-electron chi connectivity index (χ3n) is 5.74. The number of carbonyl (C=O) groups is 3. The second-order valence-corrected chi connectivity index (χ2v) is 9.72. The average Bonchev–Trinajstić information content (AvgIpc) is 2.75. The van der Waals surface area contributed by atoms with Gasteiger partial charge >= 0.3 is 12.0 Å². The van der Waals surface area contributed by atoms with Crippen molar-refractivity contribution in [3.05, 3.63) is 64.7 Å². The van der Waals surface area contributed by atoms with Crippen LogP contribution < -0.4 is 10.6 Å². The molecule has 1 aliphatic heterocycles. The van der Waals surface area contributed by atoms with E-state index in [9.17, 15) is 14.4 Å².